The summed E-state index contributed by atoms with van der Waals surface area (Å²) in [4.78, 5) is 3.18. The maximum Gasteiger partial charge on any atom is 0.152 e. The molecule has 3 nitrogen and oxygen atoms in total. The number of methoxy groups -OCH3 is 1. The van der Waals surface area contributed by atoms with Crippen LogP contribution in [-0.2, 0) is 0 Å². The molecule has 1 N–H and O–H groups in total. The minimum atomic E-state index is 0.779. The molecule has 0 unspecified atom stereocenters. The van der Waals surface area contributed by atoms with Crippen LogP contribution in [0, 0.1) is 0 Å². The number of aromatic amines is 1. The minimum absolute atomic E-state index is 0.779. The van der Waals surface area contributed by atoms with Crippen LogP contribution < -0.4 is 9.47 Å². The van der Waals surface area contributed by atoms with E-state index < -0.39 is 0 Å². The van der Waals surface area contributed by atoms with Gasteiger partial charge in [-0.2, -0.15) is 0 Å². The Morgan fingerprint density at radius 2 is 1.89 bits per heavy atom. The zero-order chi connectivity index (χ0) is 13.2. The average molecular weight is 318 g/mol. The van der Waals surface area contributed by atoms with Crippen molar-refractivity contribution in [3.05, 3.63) is 53.1 Å². The van der Waals surface area contributed by atoms with Gasteiger partial charge in [0.05, 0.1) is 11.6 Å². The Morgan fingerprint density at radius 1 is 1.05 bits per heavy atom. The first-order chi connectivity index (χ1) is 9.28. The highest BCUT2D eigenvalue weighted by Gasteiger charge is 2.08. The molecule has 0 aliphatic rings. The first kappa shape index (κ1) is 12.1. The van der Waals surface area contributed by atoms with Gasteiger partial charge in [-0.05, 0) is 46.3 Å². The maximum absolute atomic E-state index is 5.93. The van der Waals surface area contributed by atoms with Crippen molar-refractivity contribution in [1.82, 2.24) is 4.98 Å². The van der Waals surface area contributed by atoms with Gasteiger partial charge >= 0.3 is 0 Å². The van der Waals surface area contributed by atoms with Crippen molar-refractivity contribution in [2.75, 3.05) is 7.11 Å². The number of fused-ring (bicyclic) bond motifs is 1. The number of H-pyrrole nitrogens is 1. The molecule has 4 heteroatoms. The van der Waals surface area contributed by atoms with E-state index in [1.165, 1.54) is 0 Å². The van der Waals surface area contributed by atoms with E-state index in [0.29, 0.717) is 0 Å². The topological polar surface area (TPSA) is 34.2 Å². The van der Waals surface area contributed by atoms with Crippen molar-refractivity contribution < 1.29 is 9.47 Å². The van der Waals surface area contributed by atoms with Gasteiger partial charge < -0.3 is 14.5 Å². The third-order valence-corrected chi connectivity index (χ3v) is 3.56. The molecule has 0 aliphatic heterocycles. The highest BCUT2D eigenvalue weighted by molar-refractivity contribution is 9.10. The van der Waals surface area contributed by atoms with E-state index >= 15 is 0 Å². The molecule has 19 heavy (non-hydrogen) atoms. The molecule has 2 aromatic carbocycles. The lowest BCUT2D eigenvalue weighted by Crippen LogP contribution is -1.85. The lowest BCUT2D eigenvalue weighted by Gasteiger charge is -2.06. The fourth-order valence-corrected chi connectivity index (χ4v) is 2.30. The fourth-order valence-electron chi connectivity index (χ4n) is 1.93. The summed E-state index contributed by atoms with van der Waals surface area (Å²) in [6.07, 6.45) is 1.85. The van der Waals surface area contributed by atoms with Gasteiger partial charge in [0.25, 0.3) is 0 Å². The van der Waals surface area contributed by atoms with Crippen molar-refractivity contribution in [3.63, 3.8) is 0 Å². The molecule has 0 aliphatic carbocycles. The second kappa shape index (κ2) is 4.97. The summed E-state index contributed by atoms with van der Waals surface area (Å²) in [5.41, 5.74) is 1.02. The third-order valence-electron chi connectivity index (χ3n) is 2.91. The highest BCUT2D eigenvalue weighted by atomic mass is 79.9. The molecule has 0 radical (unpaired) electrons. The van der Waals surface area contributed by atoms with E-state index in [1.54, 1.807) is 7.11 Å². The van der Waals surface area contributed by atoms with Crippen LogP contribution in [-0.4, -0.2) is 12.1 Å². The summed E-state index contributed by atoms with van der Waals surface area (Å²) >= 11 is 3.47. The van der Waals surface area contributed by atoms with Crippen molar-refractivity contribution in [2.24, 2.45) is 0 Å². The molecule has 0 spiro atoms. The van der Waals surface area contributed by atoms with E-state index in [0.717, 1.165) is 32.6 Å². The Bertz CT molecular complexity index is 721. The van der Waals surface area contributed by atoms with Crippen LogP contribution in [0.1, 0.15) is 0 Å². The lowest BCUT2D eigenvalue weighted by molar-refractivity contribution is 0.415. The van der Waals surface area contributed by atoms with Crippen molar-refractivity contribution in [3.8, 4) is 17.2 Å². The molecule has 3 aromatic rings. The SMILES string of the molecule is COc1ccc2[nH]cc(Oc3ccccc3Br)c2c1. The van der Waals surface area contributed by atoms with Crippen molar-refractivity contribution >= 4 is 26.8 Å². The number of benzene rings is 2. The van der Waals surface area contributed by atoms with Crippen molar-refractivity contribution in [1.29, 1.82) is 0 Å². The van der Waals surface area contributed by atoms with E-state index in [9.17, 15) is 0 Å². The third kappa shape index (κ3) is 2.31. The number of ether oxygens (including phenoxy) is 2. The summed E-state index contributed by atoms with van der Waals surface area (Å²) in [5.74, 6) is 2.37. The average Bonchev–Trinajstić information content (AvgIpc) is 2.84. The van der Waals surface area contributed by atoms with E-state index in [2.05, 4.69) is 20.9 Å². The molecule has 1 heterocycles. The van der Waals surface area contributed by atoms with Crippen LogP contribution in [0.5, 0.6) is 17.2 Å². The molecular weight excluding hydrogens is 306 g/mol. The van der Waals surface area contributed by atoms with E-state index in [1.807, 2.05) is 48.7 Å². The second-order valence-corrected chi connectivity index (χ2v) is 4.95. The molecular formula is C15H12BrNO2. The molecule has 0 amide bonds. The normalized spacial score (nSPS) is 10.6. The summed E-state index contributed by atoms with van der Waals surface area (Å²) in [6.45, 7) is 0. The van der Waals surface area contributed by atoms with Crippen LogP contribution in [0.15, 0.2) is 53.1 Å². The van der Waals surface area contributed by atoms with E-state index in [-0.39, 0.29) is 0 Å². The fraction of sp³-hybridized carbons (Fsp3) is 0.0667. The molecule has 1 aromatic heterocycles. The van der Waals surface area contributed by atoms with Gasteiger partial charge in [0.1, 0.15) is 11.5 Å². The van der Waals surface area contributed by atoms with Gasteiger partial charge in [-0.15, -0.1) is 0 Å². The lowest BCUT2D eigenvalue weighted by atomic mass is 10.2. The number of para-hydroxylation sites is 1. The molecule has 3 rings (SSSR count). The predicted molar refractivity (Wildman–Crippen MR) is 79.1 cm³/mol. The zero-order valence-corrected chi connectivity index (χ0v) is 11.9. The quantitative estimate of drug-likeness (QED) is 0.757. The van der Waals surface area contributed by atoms with Crippen LogP contribution in [0.2, 0.25) is 0 Å². The van der Waals surface area contributed by atoms with Crippen LogP contribution >= 0.6 is 15.9 Å². The summed E-state index contributed by atoms with van der Waals surface area (Å²) in [5, 5.41) is 0.995. The van der Waals surface area contributed by atoms with Gasteiger partial charge in [0.2, 0.25) is 0 Å². The Hall–Kier alpha value is -1.94. The molecule has 0 fully saturated rings. The van der Waals surface area contributed by atoms with Gasteiger partial charge in [-0.3, -0.25) is 0 Å². The van der Waals surface area contributed by atoms with Crippen LogP contribution in [0.25, 0.3) is 10.9 Å². The van der Waals surface area contributed by atoms with Crippen LogP contribution in [0.3, 0.4) is 0 Å². The molecule has 0 saturated carbocycles. The molecule has 0 bridgehead atoms. The summed E-state index contributed by atoms with van der Waals surface area (Å²) in [7, 11) is 1.65. The Kier molecular flexibility index (Phi) is 3.17. The number of halogens is 1. The van der Waals surface area contributed by atoms with E-state index in [4.69, 9.17) is 9.47 Å². The number of aromatic nitrogens is 1. The first-order valence-electron chi connectivity index (χ1n) is 5.85. The zero-order valence-electron chi connectivity index (χ0n) is 10.3. The second-order valence-electron chi connectivity index (χ2n) is 4.10. The Morgan fingerprint density at radius 3 is 2.68 bits per heavy atom. The molecule has 96 valence electrons. The smallest absolute Gasteiger partial charge is 0.152 e. The number of hydrogen-bond acceptors (Lipinski definition) is 2. The van der Waals surface area contributed by atoms with Gasteiger partial charge in [0.15, 0.2) is 5.75 Å². The van der Waals surface area contributed by atoms with Crippen LogP contribution in [0.4, 0.5) is 0 Å². The Balaban J connectivity index is 2.03. The monoisotopic (exact) mass is 317 g/mol. The predicted octanol–water partition coefficient (Wildman–Crippen LogP) is 4.73. The Labute approximate surface area is 119 Å². The highest BCUT2D eigenvalue weighted by Crippen LogP contribution is 2.35. The minimum Gasteiger partial charge on any atom is -0.497 e. The maximum atomic E-state index is 5.93. The standard InChI is InChI=1S/C15H12BrNO2/c1-18-10-6-7-13-11(8-10)15(9-17-13)19-14-5-3-2-4-12(14)16/h2-9,17H,1H3. The summed E-state index contributed by atoms with van der Waals surface area (Å²) < 4.78 is 12.1. The largest absolute Gasteiger partial charge is 0.497 e. The van der Waals surface area contributed by atoms with Gasteiger partial charge in [-0.25, -0.2) is 0 Å². The summed E-state index contributed by atoms with van der Waals surface area (Å²) in [6, 6.07) is 13.6. The van der Waals surface area contributed by atoms with Gasteiger partial charge in [0, 0.05) is 17.1 Å². The number of rotatable bonds is 3. The molecule has 0 atom stereocenters. The molecule has 0 saturated heterocycles. The number of nitrogens with one attached hydrogen (secondary N) is 1. The number of hydrogen-bond donors (Lipinski definition) is 1. The first-order valence-corrected chi connectivity index (χ1v) is 6.65. The van der Waals surface area contributed by atoms with Crippen molar-refractivity contribution in [2.45, 2.75) is 0 Å². The van der Waals surface area contributed by atoms with Gasteiger partial charge in [-0.1, -0.05) is 12.1 Å².